The molecule has 0 radical (unpaired) electrons. The Morgan fingerprint density at radius 3 is 2.46 bits per heavy atom. The normalized spacial score (nSPS) is 23.2. The highest BCUT2D eigenvalue weighted by Gasteiger charge is 2.39. The number of hydrogen-bond acceptors (Lipinski definition) is 2. The molecule has 1 aliphatic carbocycles. The van der Waals surface area contributed by atoms with Gasteiger partial charge in [0.2, 0.25) is 0 Å². The monoisotopic (exact) mass is 191 g/mol. The quantitative estimate of drug-likeness (QED) is 0.633. The third-order valence-corrected chi connectivity index (χ3v) is 1.93. The van der Waals surface area contributed by atoms with E-state index in [1.807, 2.05) is 0 Å². The molecule has 0 aromatic heterocycles. The van der Waals surface area contributed by atoms with E-state index in [2.05, 4.69) is 0 Å². The maximum Gasteiger partial charge on any atom is 0.432 e. The fourth-order valence-electron chi connectivity index (χ4n) is 1.16. The third kappa shape index (κ3) is 1.96. The first kappa shape index (κ1) is 9.95. The number of carbonyl (C=O) groups excluding carboxylic acids is 1. The van der Waals surface area contributed by atoms with E-state index in [-0.39, 0.29) is 17.8 Å². The highest BCUT2D eigenvalue weighted by molar-refractivity contribution is 6.10. The lowest BCUT2D eigenvalue weighted by Gasteiger charge is -2.08. The molecule has 0 heterocycles. The van der Waals surface area contributed by atoms with Crippen molar-refractivity contribution >= 4 is 11.5 Å². The molecule has 0 saturated carbocycles. The second kappa shape index (κ2) is 2.97. The van der Waals surface area contributed by atoms with Gasteiger partial charge in [0.1, 0.15) is 5.71 Å². The van der Waals surface area contributed by atoms with Crippen LogP contribution in [0.15, 0.2) is 11.6 Å². The molecule has 5 heteroatoms. The summed E-state index contributed by atoms with van der Waals surface area (Å²) in [6.45, 7) is 1.55. The lowest BCUT2D eigenvalue weighted by molar-refractivity contribution is -0.116. The van der Waals surface area contributed by atoms with E-state index in [4.69, 9.17) is 5.41 Å². The summed E-state index contributed by atoms with van der Waals surface area (Å²) < 4.78 is 35.9. The Balaban J connectivity index is 2.83. The van der Waals surface area contributed by atoms with E-state index < -0.39 is 17.8 Å². The largest absolute Gasteiger partial charge is 0.432 e. The Hall–Kier alpha value is -1.13. The highest BCUT2D eigenvalue weighted by Crippen LogP contribution is 2.29. The summed E-state index contributed by atoms with van der Waals surface area (Å²) in [7, 11) is 0. The molecule has 13 heavy (non-hydrogen) atoms. The van der Waals surface area contributed by atoms with Crippen molar-refractivity contribution < 1.29 is 18.0 Å². The van der Waals surface area contributed by atoms with Crippen molar-refractivity contribution in [1.82, 2.24) is 0 Å². The number of alkyl halides is 3. The average Bonchev–Trinajstić information content (AvgIpc) is 2.29. The molecule has 0 aliphatic heterocycles. The van der Waals surface area contributed by atoms with E-state index >= 15 is 0 Å². The molecule has 0 fully saturated rings. The summed E-state index contributed by atoms with van der Waals surface area (Å²) >= 11 is 0. The third-order valence-electron chi connectivity index (χ3n) is 1.93. The molecule has 0 aromatic carbocycles. The number of carbonyl (C=O) groups is 1. The molecule has 1 rings (SSSR count). The van der Waals surface area contributed by atoms with Crippen LogP contribution in [-0.4, -0.2) is 17.7 Å². The SMILES string of the molecule is CC1CC(C(=N)C(F)(F)F)=CC1=O. The summed E-state index contributed by atoms with van der Waals surface area (Å²) in [6, 6.07) is 0. The van der Waals surface area contributed by atoms with Crippen LogP contribution in [-0.2, 0) is 4.79 Å². The van der Waals surface area contributed by atoms with Crippen molar-refractivity contribution in [2.24, 2.45) is 5.92 Å². The highest BCUT2D eigenvalue weighted by atomic mass is 19.4. The van der Waals surface area contributed by atoms with Crippen LogP contribution in [0.25, 0.3) is 0 Å². The molecule has 0 spiro atoms. The molecular formula is C8H8F3NO. The number of hydrogen-bond donors (Lipinski definition) is 1. The van der Waals surface area contributed by atoms with Crippen LogP contribution in [0.4, 0.5) is 13.2 Å². The second-order valence-corrected chi connectivity index (χ2v) is 3.05. The lowest BCUT2D eigenvalue weighted by atomic mass is 10.0. The van der Waals surface area contributed by atoms with Gasteiger partial charge in [0.15, 0.2) is 5.78 Å². The Morgan fingerprint density at radius 2 is 2.15 bits per heavy atom. The van der Waals surface area contributed by atoms with Crippen LogP contribution in [0.1, 0.15) is 13.3 Å². The maximum absolute atomic E-state index is 12.0. The standard InChI is InChI=1S/C8H8F3NO/c1-4-2-5(3-6(4)13)7(12)8(9,10)11/h3-4,12H,2H2,1H3. The van der Waals surface area contributed by atoms with Gasteiger partial charge < -0.3 is 0 Å². The van der Waals surface area contributed by atoms with Crippen molar-refractivity contribution in [3.05, 3.63) is 11.6 Å². The number of nitrogens with one attached hydrogen (secondary N) is 1. The molecule has 0 bridgehead atoms. The summed E-state index contributed by atoms with van der Waals surface area (Å²) in [6.07, 6.45) is -3.70. The first-order valence-electron chi connectivity index (χ1n) is 3.73. The molecule has 1 atom stereocenters. The van der Waals surface area contributed by atoms with Crippen LogP contribution in [0, 0.1) is 11.3 Å². The van der Waals surface area contributed by atoms with Crippen LogP contribution in [0.5, 0.6) is 0 Å². The molecule has 0 amide bonds. The average molecular weight is 191 g/mol. The molecule has 1 N–H and O–H groups in total. The van der Waals surface area contributed by atoms with E-state index in [1.54, 1.807) is 6.92 Å². The minimum atomic E-state index is -4.64. The molecule has 1 aliphatic rings. The van der Waals surface area contributed by atoms with Gasteiger partial charge >= 0.3 is 6.18 Å². The Bertz CT molecular complexity index is 290. The first-order chi connectivity index (χ1) is 5.82. The fraction of sp³-hybridized carbons (Fsp3) is 0.500. The smallest absolute Gasteiger partial charge is 0.296 e. The van der Waals surface area contributed by atoms with Gasteiger partial charge in [-0.15, -0.1) is 0 Å². The van der Waals surface area contributed by atoms with Crippen molar-refractivity contribution in [3.8, 4) is 0 Å². The van der Waals surface area contributed by atoms with Gasteiger partial charge in [0.25, 0.3) is 0 Å². The predicted molar refractivity (Wildman–Crippen MR) is 40.7 cm³/mol. The predicted octanol–water partition coefficient (Wildman–Crippen LogP) is 2.10. The van der Waals surface area contributed by atoms with Gasteiger partial charge in [-0.05, 0) is 18.1 Å². The minimum absolute atomic E-state index is 0.0250. The van der Waals surface area contributed by atoms with Crippen molar-refractivity contribution in [2.45, 2.75) is 19.5 Å². The topological polar surface area (TPSA) is 40.9 Å². The Kier molecular flexibility index (Phi) is 2.28. The summed E-state index contributed by atoms with van der Waals surface area (Å²) in [5, 5.41) is 6.77. The van der Waals surface area contributed by atoms with E-state index in [9.17, 15) is 18.0 Å². The van der Waals surface area contributed by atoms with Crippen molar-refractivity contribution in [1.29, 1.82) is 5.41 Å². The van der Waals surface area contributed by atoms with Crippen LogP contribution >= 0.6 is 0 Å². The van der Waals surface area contributed by atoms with Gasteiger partial charge in [-0.25, -0.2) is 0 Å². The zero-order chi connectivity index (χ0) is 10.2. The Labute approximate surface area is 72.9 Å². The summed E-state index contributed by atoms with van der Waals surface area (Å²) in [4.78, 5) is 10.9. The molecular weight excluding hydrogens is 183 g/mol. The second-order valence-electron chi connectivity index (χ2n) is 3.05. The molecule has 0 saturated heterocycles. The van der Waals surface area contributed by atoms with E-state index in [1.165, 1.54) is 0 Å². The van der Waals surface area contributed by atoms with Crippen LogP contribution in [0.2, 0.25) is 0 Å². The number of allylic oxidation sites excluding steroid dienone is 2. The molecule has 72 valence electrons. The number of rotatable bonds is 1. The summed E-state index contributed by atoms with van der Waals surface area (Å²) in [5.74, 6) is -0.748. The van der Waals surface area contributed by atoms with E-state index in [0.717, 1.165) is 6.08 Å². The zero-order valence-electron chi connectivity index (χ0n) is 6.90. The molecule has 2 nitrogen and oxygen atoms in total. The van der Waals surface area contributed by atoms with Crippen molar-refractivity contribution in [2.75, 3.05) is 0 Å². The summed E-state index contributed by atoms with van der Waals surface area (Å²) in [5.41, 5.74) is -1.60. The van der Waals surface area contributed by atoms with Crippen LogP contribution in [0.3, 0.4) is 0 Å². The molecule has 1 unspecified atom stereocenters. The number of halogens is 3. The first-order valence-corrected chi connectivity index (χ1v) is 3.73. The van der Waals surface area contributed by atoms with Crippen molar-refractivity contribution in [3.63, 3.8) is 0 Å². The minimum Gasteiger partial charge on any atom is -0.296 e. The van der Waals surface area contributed by atoms with Crippen LogP contribution < -0.4 is 0 Å². The maximum atomic E-state index is 12.0. The zero-order valence-corrected chi connectivity index (χ0v) is 6.90. The number of ketones is 1. The van der Waals surface area contributed by atoms with Gasteiger partial charge in [-0.3, -0.25) is 10.2 Å². The van der Waals surface area contributed by atoms with Gasteiger partial charge in [0.05, 0.1) is 0 Å². The van der Waals surface area contributed by atoms with Gasteiger partial charge in [0, 0.05) is 5.92 Å². The van der Waals surface area contributed by atoms with E-state index in [0.29, 0.717) is 0 Å². The lowest BCUT2D eigenvalue weighted by Crippen LogP contribution is -2.23. The molecule has 0 aromatic rings. The Morgan fingerprint density at radius 1 is 1.62 bits per heavy atom. The van der Waals surface area contributed by atoms with Gasteiger partial charge in [-0.1, -0.05) is 6.92 Å². The fourth-order valence-corrected chi connectivity index (χ4v) is 1.16. The van der Waals surface area contributed by atoms with Gasteiger partial charge in [-0.2, -0.15) is 13.2 Å².